The number of rotatable bonds is 5. The van der Waals surface area contributed by atoms with Crippen LogP contribution in [0, 0.1) is 12.8 Å². The van der Waals surface area contributed by atoms with Gasteiger partial charge in [-0.1, -0.05) is 0 Å². The van der Waals surface area contributed by atoms with Crippen LogP contribution in [0.5, 0.6) is 0 Å². The number of nitrogens with one attached hydrogen (secondary N) is 1. The predicted octanol–water partition coefficient (Wildman–Crippen LogP) is 3.09. The third kappa shape index (κ3) is 5.23. The molecule has 3 heterocycles. The van der Waals surface area contributed by atoms with Gasteiger partial charge in [-0.2, -0.15) is 0 Å². The van der Waals surface area contributed by atoms with Gasteiger partial charge in [0.25, 0.3) is 5.89 Å². The van der Waals surface area contributed by atoms with Gasteiger partial charge in [0.05, 0.1) is 18.4 Å². The summed E-state index contributed by atoms with van der Waals surface area (Å²) in [6.45, 7) is 4.51. The maximum absolute atomic E-state index is 12.5. The molecular formula is C17H25Cl2N3O3. The first kappa shape index (κ1) is 21.5. The Morgan fingerprint density at radius 1 is 1.36 bits per heavy atom. The Morgan fingerprint density at radius 2 is 2.08 bits per heavy atom. The minimum atomic E-state index is 0. The molecule has 1 saturated heterocycles. The molecule has 1 amide bonds. The van der Waals surface area contributed by atoms with Crippen molar-refractivity contribution >= 4 is 30.7 Å². The zero-order valence-electron chi connectivity index (χ0n) is 14.5. The molecule has 0 saturated carbocycles. The minimum absolute atomic E-state index is 0. The number of aromatic nitrogens is 1. The molecule has 0 aromatic carbocycles. The summed E-state index contributed by atoms with van der Waals surface area (Å²) in [7, 11) is 1.97. The molecule has 0 atom stereocenters. The molecule has 2 aromatic rings. The zero-order chi connectivity index (χ0) is 16.2. The monoisotopic (exact) mass is 389 g/mol. The average Bonchev–Trinajstić information content (AvgIpc) is 3.19. The van der Waals surface area contributed by atoms with E-state index in [0.29, 0.717) is 29.0 Å². The molecular weight excluding hydrogens is 365 g/mol. The first-order valence-electron chi connectivity index (χ1n) is 8.10. The molecule has 0 radical (unpaired) electrons. The molecule has 1 fully saturated rings. The fourth-order valence-corrected chi connectivity index (χ4v) is 3.03. The maximum atomic E-state index is 12.5. The maximum Gasteiger partial charge on any atom is 0.263 e. The molecule has 3 rings (SSSR count). The molecule has 6 nitrogen and oxygen atoms in total. The number of nitrogens with zero attached hydrogens (tertiary/aromatic N) is 2. The van der Waals surface area contributed by atoms with Crippen molar-refractivity contribution in [2.24, 2.45) is 5.92 Å². The Hall–Kier alpha value is -1.50. The Kier molecular flexibility index (Phi) is 8.48. The van der Waals surface area contributed by atoms with Gasteiger partial charge in [-0.25, -0.2) is 4.98 Å². The van der Waals surface area contributed by atoms with E-state index in [1.54, 1.807) is 18.4 Å². The number of hydrogen-bond donors (Lipinski definition) is 1. The van der Waals surface area contributed by atoms with Gasteiger partial charge in [0.2, 0.25) is 5.91 Å². The number of halogens is 2. The largest absolute Gasteiger partial charge is 0.459 e. The highest BCUT2D eigenvalue weighted by atomic mass is 35.5. The fourth-order valence-electron chi connectivity index (χ4n) is 3.03. The molecule has 1 aliphatic rings. The molecule has 1 aliphatic heterocycles. The first-order chi connectivity index (χ1) is 11.2. The third-order valence-corrected chi connectivity index (χ3v) is 4.40. The lowest BCUT2D eigenvalue weighted by Gasteiger charge is -2.31. The zero-order valence-corrected chi connectivity index (χ0v) is 16.1. The van der Waals surface area contributed by atoms with Crippen LogP contribution in [0.3, 0.4) is 0 Å². The van der Waals surface area contributed by atoms with Crippen LogP contribution in [0.2, 0.25) is 0 Å². The lowest BCUT2D eigenvalue weighted by molar-refractivity contribution is -0.131. The molecule has 25 heavy (non-hydrogen) atoms. The number of hydrogen-bond acceptors (Lipinski definition) is 5. The first-order valence-corrected chi connectivity index (χ1v) is 8.10. The van der Waals surface area contributed by atoms with Crippen LogP contribution in [0.1, 0.15) is 24.3 Å². The highest BCUT2D eigenvalue weighted by Gasteiger charge is 2.24. The second-order valence-electron chi connectivity index (χ2n) is 6.06. The van der Waals surface area contributed by atoms with Crippen molar-refractivity contribution in [2.45, 2.75) is 26.2 Å². The lowest BCUT2D eigenvalue weighted by atomic mass is 9.96. The number of oxazole rings is 1. The number of amides is 1. The van der Waals surface area contributed by atoms with E-state index in [9.17, 15) is 4.79 Å². The number of piperidine rings is 1. The number of aryl methyl sites for hydroxylation is 1. The van der Waals surface area contributed by atoms with E-state index in [1.807, 2.05) is 18.9 Å². The van der Waals surface area contributed by atoms with Gasteiger partial charge in [-0.05, 0) is 51.4 Å². The quantitative estimate of drug-likeness (QED) is 0.850. The number of likely N-dealkylation sites (tertiary alicyclic amines) is 1. The summed E-state index contributed by atoms with van der Waals surface area (Å²) in [5.41, 5.74) is 0.693. The average molecular weight is 390 g/mol. The smallest absolute Gasteiger partial charge is 0.263 e. The van der Waals surface area contributed by atoms with Crippen LogP contribution in [-0.2, 0) is 11.2 Å². The standard InChI is InChI=1S/C17H23N3O3.2ClH/c1-12-14(19-17(23-12)15-4-3-9-22-15)10-16(21)20-7-5-13(6-8-20)11-18-2;;/h3-4,9,13,18H,5-8,10-11H2,1-2H3;2*1H. The summed E-state index contributed by atoms with van der Waals surface area (Å²) in [6, 6.07) is 3.58. The van der Waals surface area contributed by atoms with Gasteiger partial charge in [0, 0.05) is 13.1 Å². The van der Waals surface area contributed by atoms with Crippen LogP contribution >= 0.6 is 24.8 Å². The second-order valence-corrected chi connectivity index (χ2v) is 6.06. The SMILES string of the molecule is CNCC1CCN(C(=O)Cc2nc(-c3ccco3)oc2C)CC1.Cl.Cl. The Balaban J connectivity index is 0.00000156. The Bertz CT molecular complexity index is 650. The molecule has 8 heteroatoms. The van der Waals surface area contributed by atoms with Gasteiger partial charge in [-0.15, -0.1) is 24.8 Å². The van der Waals surface area contributed by atoms with Crippen LogP contribution in [0.25, 0.3) is 11.7 Å². The molecule has 1 N–H and O–H groups in total. The van der Waals surface area contributed by atoms with Crippen molar-refractivity contribution < 1.29 is 13.6 Å². The van der Waals surface area contributed by atoms with Gasteiger partial charge in [-0.3, -0.25) is 4.79 Å². The highest BCUT2D eigenvalue weighted by molar-refractivity contribution is 5.85. The van der Waals surface area contributed by atoms with Crippen molar-refractivity contribution in [3.05, 3.63) is 29.9 Å². The minimum Gasteiger partial charge on any atom is -0.459 e. The van der Waals surface area contributed by atoms with Crippen LogP contribution in [0.15, 0.2) is 27.2 Å². The van der Waals surface area contributed by atoms with Gasteiger partial charge >= 0.3 is 0 Å². The summed E-state index contributed by atoms with van der Waals surface area (Å²) >= 11 is 0. The summed E-state index contributed by atoms with van der Waals surface area (Å²) in [6.07, 6.45) is 3.98. The lowest BCUT2D eigenvalue weighted by Crippen LogP contribution is -2.41. The molecule has 2 aromatic heterocycles. The molecule has 0 spiro atoms. The van der Waals surface area contributed by atoms with Crippen molar-refractivity contribution in [1.29, 1.82) is 0 Å². The third-order valence-electron chi connectivity index (χ3n) is 4.40. The molecule has 0 unspecified atom stereocenters. The molecule has 0 aliphatic carbocycles. The van der Waals surface area contributed by atoms with E-state index in [1.165, 1.54) is 0 Å². The van der Waals surface area contributed by atoms with E-state index in [2.05, 4.69) is 10.3 Å². The topological polar surface area (TPSA) is 71.5 Å². The molecule has 0 bridgehead atoms. The molecule has 140 valence electrons. The summed E-state index contributed by atoms with van der Waals surface area (Å²) < 4.78 is 10.9. The van der Waals surface area contributed by atoms with E-state index in [-0.39, 0.29) is 37.1 Å². The van der Waals surface area contributed by atoms with E-state index in [0.717, 1.165) is 32.5 Å². The normalized spacial score (nSPS) is 14.7. The van der Waals surface area contributed by atoms with Gasteiger partial charge in [0.15, 0.2) is 5.76 Å². The van der Waals surface area contributed by atoms with Crippen molar-refractivity contribution in [2.75, 3.05) is 26.7 Å². The van der Waals surface area contributed by atoms with E-state index in [4.69, 9.17) is 8.83 Å². The summed E-state index contributed by atoms with van der Waals surface area (Å²) in [5.74, 6) is 2.48. The van der Waals surface area contributed by atoms with Crippen molar-refractivity contribution in [3.63, 3.8) is 0 Å². The van der Waals surface area contributed by atoms with Gasteiger partial charge in [0.1, 0.15) is 5.76 Å². The van der Waals surface area contributed by atoms with Crippen LogP contribution in [-0.4, -0.2) is 42.5 Å². The number of furan rings is 1. The van der Waals surface area contributed by atoms with Crippen molar-refractivity contribution in [1.82, 2.24) is 15.2 Å². The van der Waals surface area contributed by atoms with Crippen LogP contribution in [0.4, 0.5) is 0 Å². The summed E-state index contributed by atoms with van der Waals surface area (Å²) in [4.78, 5) is 18.8. The summed E-state index contributed by atoms with van der Waals surface area (Å²) in [5, 5.41) is 3.21. The Labute approximate surface area is 160 Å². The fraction of sp³-hybridized carbons (Fsp3) is 0.529. The van der Waals surface area contributed by atoms with Gasteiger partial charge < -0.3 is 19.1 Å². The Morgan fingerprint density at radius 3 is 2.68 bits per heavy atom. The van der Waals surface area contributed by atoms with E-state index < -0.39 is 0 Å². The number of carbonyl (C=O) groups excluding carboxylic acids is 1. The second kappa shape index (κ2) is 9.85. The van der Waals surface area contributed by atoms with Crippen molar-refractivity contribution in [3.8, 4) is 11.7 Å². The predicted molar refractivity (Wildman–Crippen MR) is 100 cm³/mol. The number of carbonyl (C=O) groups is 1. The highest BCUT2D eigenvalue weighted by Crippen LogP contribution is 2.23. The van der Waals surface area contributed by atoms with Crippen LogP contribution < -0.4 is 5.32 Å². The van der Waals surface area contributed by atoms with E-state index >= 15 is 0 Å².